The van der Waals surface area contributed by atoms with Gasteiger partial charge in [-0.25, -0.2) is 0 Å². The highest BCUT2D eigenvalue weighted by molar-refractivity contribution is 5.78. The quantitative estimate of drug-likeness (QED) is 0.728. The van der Waals surface area contributed by atoms with Crippen LogP contribution in [0, 0.1) is 0 Å². The van der Waals surface area contributed by atoms with Crippen molar-refractivity contribution in [1.82, 2.24) is 15.5 Å². The van der Waals surface area contributed by atoms with Gasteiger partial charge >= 0.3 is 0 Å². The molecule has 2 heterocycles. The van der Waals surface area contributed by atoms with Crippen molar-refractivity contribution in [2.75, 3.05) is 32.7 Å². The van der Waals surface area contributed by atoms with Gasteiger partial charge in [0.1, 0.15) is 0 Å². The molecule has 2 fully saturated rings. The van der Waals surface area contributed by atoms with Crippen LogP contribution in [0.5, 0.6) is 0 Å². The van der Waals surface area contributed by atoms with Gasteiger partial charge in [-0.2, -0.15) is 0 Å². The van der Waals surface area contributed by atoms with Crippen LogP contribution in [0.15, 0.2) is 0 Å². The summed E-state index contributed by atoms with van der Waals surface area (Å²) in [6.07, 6.45) is 6.05. The fourth-order valence-electron chi connectivity index (χ4n) is 2.51. The fraction of sp³-hybridized carbons (Fsp3) is 0.917. The van der Waals surface area contributed by atoms with Crippen LogP contribution in [0.1, 0.15) is 32.1 Å². The second-order valence-corrected chi connectivity index (χ2v) is 4.87. The van der Waals surface area contributed by atoms with Gasteiger partial charge in [0, 0.05) is 25.7 Å². The molecule has 4 nitrogen and oxygen atoms in total. The summed E-state index contributed by atoms with van der Waals surface area (Å²) in [6.45, 7) is 4.57. The predicted octanol–water partition coefficient (Wildman–Crippen LogP) is 0.341. The molecular formula is C12H23N3O. The molecule has 0 aliphatic carbocycles. The van der Waals surface area contributed by atoms with E-state index in [-0.39, 0.29) is 5.91 Å². The molecule has 0 aromatic rings. The average Bonchev–Trinajstić information content (AvgIpc) is 2.38. The number of amides is 1. The molecule has 2 aliphatic rings. The topological polar surface area (TPSA) is 44.4 Å². The molecule has 1 atom stereocenters. The number of likely N-dealkylation sites (tertiary alicyclic amines) is 1. The summed E-state index contributed by atoms with van der Waals surface area (Å²) in [4.78, 5) is 13.9. The Hall–Kier alpha value is -0.610. The Bertz CT molecular complexity index is 220. The largest absolute Gasteiger partial charge is 0.342 e. The van der Waals surface area contributed by atoms with Crippen molar-refractivity contribution in [2.45, 2.75) is 38.1 Å². The summed E-state index contributed by atoms with van der Waals surface area (Å²) in [6, 6.07) is 0.488. The summed E-state index contributed by atoms with van der Waals surface area (Å²) < 4.78 is 0. The van der Waals surface area contributed by atoms with E-state index in [1.54, 1.807) is 0 Å². The van der Waals surface area contributed by atoms with E-state index in [2.05, 4.69) is 10.6 Å². The lowest BCUT2D eigenvalue weighted by atomic mass is 10.1. The number of rotatable bonds is 3. The molecule has 0 aromatic heterocycles. The molecule has 16 heavy (non-hydrogen) atoms. The van der Waals surface area contributed by atoms with Crippen LogP contribution in [-0.4, -0.2) is 49.6 Å². The standard InChI is InChI=1S/C12H23N3O/c16-12(15-7-2-1-3-8-15)10-14-11-5-4-6-13-9-11/h11,13-14H,1-10H2. The molecule has 2 rings (SSSR count). The number of carbonyl (C=O) groups excluding carboxylic acids is 1. The lowest BCUT2D eigenvalue weighted by Crippen LogP contribution is -2.48. The maximum Gasteiger partial charge on any atom is 0.236 e. The zero-order chi connectivity index (χ0) is 11.2. The van der Waals surface area contributed by atoms with E-state index < -0.39 is 0 Å². The minimum absolute atomic E-state index is 0.283. The third kappa shape index (κ3) is 3.46. The van der Waals surface area contributed by atoms with E-state index in [9.17, 15) is 4.79 Å². The van der Waals surface area contributed by atoms with E-state index in [1.165, 1.54) is 32.1 Å². The SMILES string of the molecule is O=C(CNC1CCCNC1)N1CCCCC1. The normalized spacial score (nSPS) is 26.8. The van der Waals surface area contributed by atoms with Crippen molar-refractivity contribution in [3.8, 4) is 0 Å². The molecule has 0 radical (unpaired) electrons. The Morgan fingerprint density at radius 2 is 2.06 bits per heavy atom. The first-order valence-electron chi connectivity index (χ1n) is 6.58. The van der Waals surface area contributed by atoms with E-state index in [4.69, 9.17) is 0 Å². The van der Waals surface area contributed by atoms with Crippen molar-refractivity contribution in [3.63, 3.8) is 0 Å². The molecule has 2 N–H and O–H groups in total. The van der Waals surface area contributed by atoms with Crippen LogP contribution >= 0.6 is 0 Å². The van der Waals surface area contributed by atoms with E-state index in [1.807, 2.05) is 4.90 Å². The van der Waals surface area contributed by atoms with Crippen LogP contribution in [0.4, 0.5) is 0 Å². The average molecular weight is 225 g/mol. The van der Waals surface area contributed by atoms with Gasteiger partial charge in [0.25, 0.3) is 0 Å². The number of hydrogen-bond acceptors (Lipinski definition) is 3. The van der Waals surface area contributed by atoms with Gasteiger partial charge in [-0.15, -0.1) is 0 Å². The molecule has 0 spiro atoms. The first-order chi connectivity index (χ1) is 7.86. The Morgan fingerprint density at radius 3 is 2.75 bits per heavy atom. The first kappa shape index (κ1) is 11.9. The van der Waals surface area contributed by atoms with Gasteiger partial charge in [-0.1, -0.05) is 0 Å². The summed E-state index contributed by atoms with van der Waals surface area (Å²) in [5.74, 6) is 0.283. The Balaban J connectivity index is 1.65. The Labute approximate surface area is 97.8 Å². The van der Waals surface area contributed by atoms with Crippen molar-refractivity contribution in [2.24, 2.45) is 0 Å². The Kier molecular flexibility index (Phi) is 4.60. The minimum Gasteiger partial charge on any atom is -0.342 e. The molecule has 92 valence electrons. The third-order valence-corrected chi connectivity index (χ3v) is 3.55. The number of hydrogen-bond donors (Lipinski definition) is 2. The van der Waals surface area contributed by atoms with Crippen LogP contribution < -0.4 is 10.6 Å². The molecule has 0 aromatic carbocycles. The smallest absolute Gasteiger partial charge is 0.236 e. The zero-order valence-corrected chi connectivity index (χ0v) is 10.0. The molecule has 1 amide bonds. The maximum absolute atomic E-state index is 11.9. The van der Waals surface area contributed by atoms with Gasteiger partial charge in [-0.3, -0.25) is 4.79 Å². The monoisotopic (exact) mass is 225 g/mol. The highest BCUT2D eigenvalue weighted by atomic mass is 16.2. The lowest BCUT2D eigenvalue weighted by Gasteiger charge is -2.29. The zero-order valence-electron chi connectivity index (χ0n) is 10.0. The van der Waals surface area contributed by atoms with E-state index in [0.717, 1.165) is 26.2 Å². The highest BCUT2D eigenvalue weighted by Crippen LogP contribution is 2.08. The van der Waals surface area contributed by atoms with Gasteiger partial charge in [-0.05, 0) is 38.6 Å². The number of nitrogens with one attached hydrogen (secondary N) is 2. The lowest BCUT2D eigenvalue weighted by molar-refractivity contribution is -0.131. The molecule has 0 saturated carbocycles. The highest BCUT2D eigenvalue weighted by Gasteiger charge is 2.18. The predicted molar refractivity (Wildman–Crippen MR) is 64.3 cm³/mol. The number of piperidine rings is 2. The van der Waals surface area contributed by atoms with Crippen molar-refractivity contribution in [1.29, 1.82) is 0 Å². The van der Waals surface area contributed by atoms with Gasteiger partial charge in [0.05, 0.1) is 6.54 Å². The molecule has 1 unspecified atom stereocenters. The third-order valence-electron chi connectivity index (χ3n) is 3.55. The molecule has 2 saturated heterocycles. The van der Waals surface area contributed by atoms with Crippen molar-refractivity contribution >= 4 is 5.91 Å². The fourth-order valence-corrected chi connectivity index (χ4v) is 2.51. The summed E-state index contributed by atoms with van der Waals surface area (Å²) in [5, 5.41) is 6.72. The van der Waals surface area contributed by atoms with Crippen molar-refractivity contribution < 1.29 is 4.79 Å². The van der Waals surface area contributed by atoms with E-state index >= 15 is 0 Å². The molecule has 0 bridgehead atoms. The van der Waals surface area contributed by atoms with Gasteiger partial charge < -0.3 is 15.5 Å². The summed E-state index contributed by atoms with van der Waals surface area (Å²) >= 11 is 0. The van der Waals surface area contributed by atoms with Gasteiger partial charge in [0.2, 0.25) is 5.91 Å². The second kappa shape index (κ2) is 6.21. The van der Waals surface area contributed by atoms with E-state index in [0.29, 0.717) is 12.6 Å². The summed E-state index contributed by atoms with van der Waals surface area (Å²) in [5.41, 5.74) is 0. The maximum atomic E-state index is 11.9. The number of carbonyl (C=O) groups is 1. The number of nitrogens with zero attached hydrogens (tertiary/aromatic N) is 1. The molecular weight excluding hydrogens is 202 g/mol. The van der Waals surface area contributed by atoms with Crippen LogP contribution in [0.2, 0.25) is 0 Å². The second-order valence-electron chi connectivity index (χ2n) is 4.87. The molecule has 4 heteroatoms. The van der Waals surface area contributed by atoms with Gasteiger partial charge in [0.15, 0.2) is 0 Å². The first-order valence-corrected chi connectivity index (χ1v) is 6.58. The van der Waals surface area contributed by atoms with Crippen molar-refractivity contribution in [3.05, 3.63) is 0 Å². The van der Waals surface area contributed by atoms with Crippen LogP contribution in [0.3, 0.4) is 0 Å². The Morgan fingerprint density at radius 1 is 1.25 bits per heavy atom. The minimum atomic E-state index is 0.283. The van der Waals surface area contributed by atoms with Crippen LogP contribution in [-0.2, 0) is 4.79 Å². The van der Waals surface area contributed by atoms with Crippen LogP contribution in [0.25, 0.3) is 0 Å². The molecule has 2 aliphatic heterocycles. The summed E-state index contributed by atoms with van der Waals surface area (Å²) in [7, 11) is 0.